The number of nitrogens with one attached hydrogen (secondary N) is 1. The third kappa shape index (κ3) is 4.21. The standard InChI is InChI=1S/C17H18BrCl2N3O3S/c1-26-13-2-3-14(27(21,24)25)15(17(13)23-6-4-22-5-7-23)11-8-10(19)9-12(20)16(11)18/h2-3,8-9,22H,4-7H2,1H3,(H2,21,24,25). The predicted molar refractivity (Wildman–Crippen MR) is 113 cm³/mol. The van der Waals surface area contributed by atoms with E-state index in [9.17, 15) is 8.42 Å². The molecule has 0 spiro atoms. The third-order valence-electron chi connectivity index (χ3n) is 4.32. The van der Waals surface area contributed by atoms with E-state index in [1.165, 1.54) is 6.07 Å². The summed E-state index contributed by atoms with van der Waals surface area (Å²) in [6, 6.07) is 6.29. The van der Waals surface area contributed by atoms with Gasteiger partial charge in [-0.05, 0) is 40.2 Å². The molecule has 0 radical (unpaired) electrons. The average molecular weight is 495 g/mol. The zero-order chi connectivity index (χ0) is 19.8. The number of piperazine rings is 1. The number of ether oxygens (including phenoxy) is 1. The molecule has 1 fully saturated rings. The largest absolute Gasteiger partial charge is 0.495 e. The number of methoxy groups -OCH3 is 1. The topological polar surface area (TPSA) is 84.7 Å². The maximum absolute atomic E-state index is 12.4. The lowest BCUT2D eigenvalue weighted by Gasteiger charge is -2.33. The Morgan fingerprint density at radius 2 is 1.89 bits per heavy atom. The molecule has 1 heterocycles. The molecule has 0 amide bonds. The van der Waals surface area contributed by atoms with E-state index < -0.39 is 10.0 Å². The van der Waals surface area contributed by atoms with Crippen LogP contribution in [0.25, 0.3) is 11.1 Å². The molecule has 1 saturated heterocycles. The second-order valence-electron chi connectivity index (χ2n) is 6.02. The van der Waals surface area contributed by atoms with Gasteiger partial charge in [-0.25, -0.2) is 13.6 Å². The molecule has 0 aromatic heterocycles. The Kier molecular flexibility index (Phi) is 6.24. The summed E-state index contributed by atoms with van der Waals surface area (Å²) in [6.45, 7) is 2.89. The lowest BCUT2D eigenvalue weighted by Crippen LogP contribution is -2.44. The van der Waals surface area contributed by atoms with Crippen molar-refractivity contribution in [1.82, 2.24) is 5.32 Å². The van der Waals surface area contributed by atoms with Gasteiger partial charge >= 0.3 is 0 Å². The zero-order valence-electron chi connectivity index (χ0n) is 14.4. The van der Waals surface area contributed by atoms with Crippen LogP contribution in [0.2, 0.25) is 10.0 Å². The number of nitrogens with two attached hydrogens (primary N) is 1. The van der Waals surface area contributed by atoms with Crippen LogP contribution in [0.4, 0.5) is 5.69 Å². The SMILES string of the molecule is COc1ccc(S(N)(=O)=O)c(-c2cc(Cl)cc(Cl)c2Br)c1N1CCNCC1. The molecule has 146 valence electrons. The van der Waals surface area contributed by atoms with E-state index in [1.54, 1.807) is 25.3 Å². The molecule has 0 unspecified atom stereocenters. The fourth-order valence-corrected chi connectivity index (χ4v) is 4.83. The molecule has 6 nitrogen and oxygen atoms in total. The number of nitrogens with zero attached hydrogens (tertiary/aromatic N) is 1. The van der Waals surface area contributed by atoms with Gasteiger partial charge in [0, 0.05) is 46.8 Å². The van der Waals surface area contributed by atoms with Crippen molar-refractivity contribution in [3.8, 4) is 16.9 Å². The smallest absolute Gasteiger partial charge is 0.238 e. The zero-order valence-corrected chi connectivity index (χ0v) is 18.3. The molecular formula is C17H18BrCl2N3O3S. The molecule has 3 rings (SSSR count). The van der Waals surface area contributed by atoms with Crippen LogP contribution in [-0.2, 0) is 10.0 Å². The summed E-state index contributed by atoms with van der Waals surface area (Å²) in [5.74, 6) is 0.544. The minimum Gasteiger partial charge on any atom is -0.495 e. The highest BCUT2D eigenvalue weighted by Crippen LogP contribution is 2.47. The molecular weight excluding hydrogens is 477 g/mol. The first-order chi connectivity index (χ1) is 12.7. The highest BCUT2D eigenvalue weighted by molar-refractivity contribution is 9.10. The van der Waals surface area contributed by atoms with Crippen molar-refractivity contribution in [3.05, 3.63) is 38.8 Å². The molecule has 0 saturated carbocycles. The van der Waals surface area contributed by atoms with Crippen molar-refractivity contribution >= 4 is 54.8 Å². The second kappa shape index (κ2) is 8.14. The van der Waals surface area contributed by atoms with Gasteiger partial charge in [0.25, 0.3) is 0 Å². The number of hydrogen-bond acceptors (Lipinski definition) is 5. The average Bonchev–Trinajstić information content (AvgIpc) is 2.63. The normalized spacial score (nSPS) is 15.1. The lowest BCUT2D eigenvalue weighted by molar-refractivity contribution is 0.413. The maximum Gasteiger partial charge on any atom is 0.238 e. The molecule has 1 aliphatic heterocycles. The Labute approximate surface area is 176 Å². The van der Waals surface area contributed by atoms with Crippen molar-refractivity contribution in [2.75, 3.05) is 38.2 Å². The summed E-state index contributed by atoms with van der Waals surface area (Å²) in [5, 5.41) is 9.56. The first-order valence-electron chi connectivity index (χ1n) is 8.08. The van der Waals surface area contributed by atoms with Crippen molar-refractivity contribution in [2.24, 2.45) is 5.14 Å². The van der Waals surface area contributed by atoms with Gasteiger partial charge in [0.1, 0.15) is 5.75 Å². The van der Waals surface area contributed by atoms with Crippen LogP contribution in [-0.4, -0.2) is 41.7 Å². The summed E-state index contributed by atoms with van der Waals surface area (Å²) >= 11 is 15.9. The Morgan fingerprint density at radius 3 is 2.48 bits per heavy atom. The molecule has 27 heavy (non-hydrogen) atoms. The van der Waals surface area contributed by atoms with Crippen molar-refractivity contribution in [2.45, 2.75) is 4.90 Å². The number of anilines is 1. The van der Waals surface area contributed by atoms with E-state index in [2.05, 4.69) is 26.1 Å². The molecule has 1 aliphatic rings. The lowest BCUT2D eigenvalue weighted by atomic mass is 10.0. The molecule has 0 atom stereocenters. The van der Waals surface area contributed by atoms with Crippen LogP contribution >= 0.6 is 39.1 Å². The van der Waals surface area contributed by atoms with E-state index in [0.29, 0.717) is 50.2 Å². The van der Waals surface area contributed by atoms with Gasteiger partial charge in [-0.1, -0.05) is 23.2 Å². The van der Waals surface area contributed by atoms with Gasteiger partial charge in [0.05, 0.1) is 22.7 Å². The van der Waals surface area contributed by atoms with Crippen LogP contribution in [0, 0.1) is 0 Å². The van der Waals surface area contributed by atoms with Gasteiger partial charge in [0.2, 0.25) is 10.0 Å². The summed E-state index contributed by atoms with van der Waals surface area (Å²) in [7, 11) is -2.47. The van der Waals surface area contributed by atoms with Crippen molar-refractivity contribution < 1.29 is 13.2 Å². The highest BCUT2D eigenvalue weighted by Gasteiger charge is 2.28. The number of rotatable bonds is 4. The number of sulfonamides is 1. The Morgan fingerprint density at radius 1 is 1.22 bits per heavy atom. The van der Waals surface area contributed by atoms with Crippen LogP contribution in [0.15, 0.2) is 33.6 Å². The molecule has 3 N–H and O–H groups in total. The van der Waals surface area contributed by atoms with Gasteiger partial charge < -0.3 is 15.0 Å². The third-order valence-corrected chi connectivity index (χ3v) is 6.88. The number of halogens is 3. The summed E-state index contributed by atoms with van der Waals surface area (Å²) in [5.41, 5.74) is 1.59. The van der Waals surface area contributed by atoms with E-state index >= 15 is 0 Å². The number of benzene rings is 2. The van der Waals surface area contributed by atoms with Crippen molar-refractivity contribution in [1.29, 1.82) is 0 Å². The first kappa shape index (κ1) is 20.7. The molecule has 10 heteroatoms. The van der Waals surface area contributed by atoms with Gasteiger partial charge in [0.15, 0.2) is 0 Å². The summed E-state index contributed by atoms with van der Waals surface area (Å²) < 4.78 is 30.8. The second-order valence-corrected chi connectivity index (χ2v) is 9.19. The van der Waals surface area contributed by atoms with Gasteiger partial charge in [-0.3, -0.25) is 0 Å². The fraction of sp³-hybridized carbons (Fsp3) is 0.294. The molecule has 2 aromatic rings. The predicted octanol–water partition coefficient (Wildman–Crippen LogP) is 3.49. The van der Waals surface area contributed by atoms with Gasteiger partial charge in [-0.15, -0.1) is 0 Å². The minimum atomic E-state index is -4.02. The monoisotopic (exact) mass is 493 g/mol. The Hall–Kier alpha value is -1.03. The summed E-state index contributed by atoms with van der Waals surface area (Å²) in [4.78, 5) is 2.05. The fourth-order valence-electron chi connectivity index (χ4n) is 3.16. The molecule has 2 aromatic carbocycles. The van der Waals surface area contributed by atoms with E-state index in [4.69, 9.17) is 33.1 Å². The Bertz CT molecular complexity index is 980. The van der Waals surface area contributed by atoms with Crippen molar-refractivity contribution in [3.63, 3.8) is 0 Å². The molecule has 0 aliphatic carbocycles. The van der Waals surface area contributed by atoms with E-state index in [1.807, 2.05) is 0 Å². The number of hydrogen-bond donors (Lipinski definition) is 2. The maximum atomic E-state index is 12.4. The first-order valence-corrected chi connectivity index (χ1v) is 11.2. The van der Waals surface area contributed by atoms with Crippen LogP contribution in [0.1, 0.15) is 0 Å². The van der Waals surface area contributed by atoms with Crippen LogP contribution in [0.3, 0.4) is 0 Å². The number of primary sulfonamides is 1. The quantitative estimate of drug-likeness (QED) is 0.635. The van der Waals surface area contributed by atoms with Crippen LogP contribution in [0.5, 0.6) is 5.75 Å². The van der Waals surface area contributed by atoms with Gasteiger partial charge in [-0.2, -0.15) is 0 Å². The highest BCUT2D eigenvalue weighted by atomic mass is 79.9. The van der Waals surface area contributed by atoms with Crippen LogP contribution < -0.4 is 20.1 Å². The molecule has 0 bridgehead atoms. The summed E-state index contributed by atoms with van der Waals surface area (Å²) in [6.07, 6.45) is 0. The minimum absolute atomic E-state index is 0.0177. The van der Waals surface area contributed by atoms with E-state index in [0.717, 1.165) is 13.1 Å². The Balaban J connectivity index is 2.42. The van der Waals surface area contributed by atoms with E-state index in [-0.39, 0.29) is 4.90 Å².